The lowest BCUT2D eigenvalue weighted by Gasteiger charge is -2.34. The first-order valence-electron chi connectivity index (χ1n) is 11.8. The van der Waals surface area contributed by atoms with Crippen molar-refractivity contribution in [3.05, 3.63) is 35.6 Å². The summed E-state index contributed by atoms with van der Waals surface area (Å²) in [5, 5.41) is 0. The lowest BCUT2D eigenvalue weighted by atomic mass is 9.91. The molecule has 1 amide bonds. The molecule has 0 heterocycles. The molecule has 1 aromatic carbocycles. The standard InChI is InChI=1S/C25H41FN2O2/c1-4-5-7-18-27(2)19-8-6-9-20-30-24-16-14-23(15-17-24)28(3)25(29)21-10-12-22(26)13-11-21/h10-13,23-24H,4-9,14-20H2,1-3H3/t23-,24-. The molecule has 0 unspecified atom stereocenters. The molecule has 0 aromatic heterocycles. The molecule has 0 bridgehead atoms. The smallest absolute Gasteiger partial charge is 0.253 e. The largest absolute Gasteiger partial charge is 0.378 e. The average Bonchev–Trinajstić information content (AvgIpc) is 2.76. The van der Waals surface area contributed by atoms with Crippen molar-refractivity contribution in [2.75, 3.05) is 33.8 Å². The van der Waals surface area contributed by atoms with Crippen LogP contribution in [0.15, 0.2) is 24.3 Å². The number of unbranched alkanes of at least 4 members (excludes halogenated alkanes) is 4. The topological polar surface area (TPSA) is 32.8 Å². The van der Waals surface area contributed by atoms with Gasteiger partial charge in [-0.15, -0.1) is 0 Å². The van der Waals surface area contributed by atoms with Gasteiger partial charge < -0.3 is 14.5 Å². The molecule has 1 fully saturated rings. The van der Waals surface area contributed by atoms with E-state index < -0.39 is 0 Å². The highest BCUT2D eigenvalue weighted by Gasteiger charge is 2.27. The van der Waals surface area contributed by atoms with Crippen molar-refractivity contribution >= 4 is 5.91 Å². The van der Waals surface area contributed by atoms with E-state index in [4.69, 9.17) is 4.74 Å². The second-order valence-corrected chi connectivity index (χ2v) is 8.80. The quantitative estimate of drug-likeness (QED) is 0.394. The summed E-state index contributed by atoms with van der Waals surface area (Å²) in [5.41, 5.74) is 0.549. The Morgan fingerprint density at radius 3 is 2.23 bits per heavy atom. The summed E-state index contributed by atoms with van der Waals surface area (Å²) >= 11 is 0. The Bertz CT molecular complexity index is 600. The van der Waals surface area contributed by atoms with Crippen LogP contribution in [0.3, 0.4) is 0 Å². The zero-order valence-corrected chi connectivity index (χ0v) is 19.2. The predicted molar refractivity (Wildman–Crippen MR) is 121 cm³/mol. The first-order valence-corrected chi connectivity index (χ1v) is 11.8. The third-order valence-electron chi connectivity index (χ3n) is 6.28. The zero-order chi connectivity index (χ0) is 21.8. The van der Waals surface area contributed by atoms with E-state index in [1.54, 1.807) is 12.1 Å². The van der Waals surface area contributed by atoms with Crippen molar-refractivity contribution in [1.82, 2.24) is 9.80 Å². The van der Waals surface area contributed by atoms with Gasteiger partial charge in [0.05, 0.1) is 6.10 Å². The molecular formula is C25H41FN2O2. The summed E-state index contributed by atoms with van der Waals surface area (Å²) in [6.45, 7) is 5.49. The second-order valence-electron chi connectivity index (χ2n) is 8.80. The lowest BCUT2D eigenvalue weighted by Crippen LogP contribution is -2.40. The van der Waals surface area contributed by atoms with E-state index in [1.807, 2.05) is 11.9 Å². The number of hydrogen-bond donors (Lipinski definition) is 0. The van der Waals surface area contributed by atoms with Gasteiger partial charge in [0.2, 0.25) is 0 Å². The van der Waals surface area contributed by atoms with Crippen LogP contribution in [-0.2, 0) is 4.74 Å². The molecule has 5 heteroatoms. The zero-order valence-electron chi connectivity index (χ0n) is 19.2. The number of ether oxygens (including phenoxy) is 1. The maximum atomic E-state index is 13.1. The molecule has 1 saturated carbocycles. The fraction of sp³-hybridized carbons (Fsp3) is 0.720. The normalized spacial score (nSPS) is 19.2. The highest BCUT2D eigenvalue weighted by atomic mass is 19.1. The fourth-order valence-electron chi connectivity index (χ4n) is 4.22. The highest BCUT2D eigenvalue weighted by molar-refractivity contribution is 5.94. The van der Waals surface area contributed by atoms with Crippen molar-refractivity contribution in [3.63, 3.8) is 0 Å². The summed E-state index contributed by atoms with van der Waals surface area (Å²) in [7, 11) is 4.08. The second kappa shape index (κ2) is 13.8. The number of carbonyl (C=O) groups is 1. The van der Waals surface area contributed by atoms with Crippen LogP contribution >= 0.6 is 0 Å². The van der Waals surface area contributed by atoms with Gasteiger partial charge in [-0.1, -0.05) is 19.8 Å². The van der Waals surface area contributed by atoms with Crippen LogP contribution in [0.25, 0.3) is 0 Å². The fourth-order valence-corrected chi connectivity index (χ4v) is 4.22. The summed E-state index contributed by atoms with van der Waals surface area (Å²) in [6, 6.07) is 6.05. The Balaban J connectivity index is 1.55. The average molecular weight is 421 g/mol. The Morgan fingerprint density at radius 2 is 1.60 bits per heavy atom. The van der Waals surface area contributed by atoms with Gasteiger partial charge in [0.1, 0.15) is 5.82 Å². The number of hydrogen-bond acceptors (Lipinski definition) is 3. The van der Waals surface area contributed by atoms with Gasteiger partial charge in [0.25, 0.3) is 5.91 Å². The third-order valence-corrected chi connectivity index (χ3v) is 6.28. The number of halogens is 1. The van der Waals surface area contributed by atoms with Gasteiger partial charge in [-0.05, 0) is 95.8 Å². The van der Waals surface area contributed by atoms with Crippen LogP contribution in [0.2, 0.25) is 0 Å². The van der Waals surface area contributed by atoms with Crippen molar-refractivity contribution in [2.24, 2.45) is 0 Å². The molecule has 30 heavy (non-hydrogen) atoms. The van der Waals surface area contributed by atoms with E-state index in [2.05, 4.69) is 18.9 Å². The van der Waals surface area contributed by atoms with Crippen LogP contribution < -0.4 is 0 Å². The first kappa shape index (κ1) is 24.8. The predicted octanol–water partition coefficient (Wildman–Crippen LogP) is 5.52. The molecular weight excluding hydrogens is 379 g/mol. The highest BCUT2D eigenvalue weighted by Crippen LogP contribution is 2.25. The molecule has 0 atom stereocenters. The van der Waals surface area contributed by atoms with E-state index >= 15 is 0 Å². The van der Waals surface area contributed by atoms with Crippen LogP contribution in [0.5, 0.6) is 0 Å². The molecule has 1 aliphatic rings. The van der Waals surface area contributed by atoms with Crippen molar-refractivity contribution in [3.8, 4) is 0 Å². The molecule has 0 spiro atoms. The molecule has 0 aliphatic heterocycles. The van der Waals surface area contributed by atoms with Crippen molar-refractivity contribution < 1.29 is 13.9 Å². The van der Waals surface area contributed by atoms with E-state index in [1.165, 1.54) is 57.3 Å². The van der Waals surface area contributed by atoms with Gasteiger partial charge in [0, 0.05) is 25.3 Å². The number of amides is 1. The monoisotopic (exact) mass is 420 g/mol. The van der Waals surface area contributed by atoms with E-state index in [0.717, 1.165) is 38.7 Å². The molecule has 1 aliphatic carbocycles. The summed E-state index contributed by atoms with van der Waals surface area (Å²) in [6.07, 6.45) is 11.8. The number of rotatable bonds is 13. The maximum absolute atomic E-state index is 13.1. The lowest BCUT2D eigenvalue weighted by molar-refractivity contribution is 0.00901. The Labute approximate surface area is 182 Å². The van der Waals surface area contributed by atoms with Crippen molar-refractivity contribution in [1.29, 1.82) is 0 Å². The molecule has 0 saturated heterocycles. The van der Waals surface area contributed by atoms with Gasteiger partial charge >= 0.3 is 0 Å². The van der Waals surface area contributed by atoms with E-state index in [9.17, 15) is 9.18 Å². The minimum absolute atomic E-state index is 0.0287. The molecule has 0 N–H and O–H groups in total. The minimum Gasteiger partial charge on any atom is -0.378 e. The SMILES string of the molecule is CCCCCN(C)CCCCCO[C@H]1CC[C@H](N(C)C(=O)c2ccc(F)cc2)CC1. The Morgan fingerprint density at radius 1 is 0.967 bits per heavy atom. The minimum atomic E-state index is -0.314. The maximum Gasteiger partial charge on any atom is 0.253 e. The molecule has 1 aromatic rings. The Hall–Kier alpha value is -1.46. The molecule has 0 radical (unpaired) electrons. The summed E-state index contributed by atoms with van der Waals surface area (Å²) in [4.78, 5) is 16.9. The number of nitrogens with zero attached hydrogens (tertiary/aromatic N) is 2. The van der Waals surface area contributed by atoms with Crippen LogP contribution in [0.4, 0.5) is 4.39 Å². The first-order chi connectivity index (χ1) is 14.5. The molecule has 2 rings (SSSR count). The van der Waals surface area contributed by atoms with Crippen molar-refractivity contribution in [2.45, 2.75) is 83.3 Å². The van der Waals surface area contributed by atoms with E-state index in [0.29, 0.717) is 11.7 Å². The summed E-state index contributed by atoms with van der Waals surface area (Å²) in [5.74, 6) is -0.343. The van der Waals surface area contributed by atoms with Crippen LogP contribution in [0.1, 0.15) is 81.5 Å². The van der Waals surface area contributed by atoms with Gasteiger partial charge in [-0.25, -0.2) is 4.39 Å². The Kier molecular flexibility index (Phi) is 11.4. The summed E-state index contributed by atoms with van der Waals surface area (Å²) < 4.78 is 19.2. The van der Waals surface area contributed by atoms with Gasteiger partial charge in [-0.2, -0.15) is 0 Å². The third kappa shape index (κ3) is 8.73. The van der Waals surface area contributed by atoms with Gasteiger partial charge in [0.15, 0.2) is 0 Å². The number of benzene rings is 1. The van der Waals surface area contributed by atoms with Crippen LogP contribution in [-0.4, -0.2) is 61.6 Å². The molecule has 170 valence electrons. The van der Waals surface area contributed by atoms with Crippen LogP contribution in [0, 0.1) is 5.82 Å². The van der Waals surface area contributed by atoms with E-state index in [-0.39, 0.29) is 17.8 Å². The van der Waals surface area contributed by atoms with Gasteiger partial charge in [-0.3, -0.25) is 4.79 Å². The molecule has 4 nitrogen and oxygen atoms in total. The number of carbonyl (C=O) groups excluding carboxylic acids is 1.